The molecular formula is C28H26BrNO7. The quantitative estimate of drug-likeness (QED) is 0.222. The summed E-state index contributed by atoms with van der Waals surface area (Å²) in [6.45, 7) is 0.238. The number of fused-ring (bicyclic) bond motifs is 3. The van der Waals surface area contributed by atoms with Crippen LogP contribution in [-0.4, -0.2) is 51.0 Å². The molecule has 2 amide bonds. The first kappa shape index (κ1) is 25.3. The van der Waals surface area contributed by atoms with E-state index in [0.717, 1.165) is 5.57 Å². The van der Waals surface area contributed by atoms with E-state index in [-0.39, 0.29) is 53.0 Å². The molecule has 1 aliphatic heterocycles. The molecule has 1 aromatic carbocycles. The first-order valence-corrected chi connectivity index (χ1v) is 13.2. The zero-order chi connectivity index (χ0) is 26.4. The molecule has 0 radical (unpaired) electrons. The average Bonchev–Trinajstić information content (AvgIpc) is 3.10. The Morgan fingerprint density at radius 1 is 1.05 bits per heavy atom. The van der Waals surface area contributed by atoms with Crippen molar-refractivity contribution >= 4 is 45.3 Å². The van der Waals surface area contributed by atoms with Gasteiger partial charge in [-0.1, -0.05) is 30.2 Å². The van der Waals surface area contributed by atoms with E-state index in [1.807, 2.05) is 6.08 Å². The molecule has 2 N–H and O–H groups in total. The summed E-state index contributed by atoms with van der Waals surface area (Å²) < 4.78 is 0.169. The number of carbonyl (C=O) groups excluding carboxylic acids is 4. The van der Waals surface area contributed by atoms with E-state index < -0.39 is 29.6 Å². The largest absolute Gasteiger partial charge is 0.508 e. The second kappa shape index (κ2) is 9.85. The number of amides is 2. The molecule has 4 unspecified atom stereocenters. The zero-order valence-electron chi connectivity index (χ0n) is 20.0. The van der Waals surface area contributed by atoms with Crippen LogP contribution in [0.15, 0.2) is 57.6 Å². The summed E-state index contributed by atoms with van der Waals surface area (Å²) in [6, 6.07) is 6.57. The van der Waals surface area contributed by atoms with Crippen molar-refractivity contribution in [1.82, 2.24) is 4.90 Å². The number of halogens is 1. The van der Waals surface area contributed by atoms with E-state index in [1.54, 1.807) is 18.2 Å². The molecule has 8 nitrogen and oxygen atoms in total. The number of rotatable bonds is 7. The number of aliphatic carboxylic acids is 1. The topological polar surface area (TPSA) is 129 Å². The fraction of sp³-hybridized carbons (Fsp3) is 0.393. The van der Waals surface area contributed by atoms with Crippen LogP contribution >= 0.6 is 15.9 Å². The number of allylic oxidation sites excluding steroid dienone is 6. The maximum Gasteiger partial charge on any atom is 0.303 e. The second-order valence-electron chi connectivity index (χ2n) is 10.0. The monoisotopic (exact) mass is 567 g/mol. The number of hydrogen-bond donors (Lipinski definition) is 2. The molecule has 5 rings (SSSR count). The maximum absolute atomic E-state index is 13.6. The third-order valence-corrected chi connectivity index (χ3v) is 8.49. The van der Waals surface area contributed by atoms with Gasteiger partial charge in [-0.15, -0.1) is 0 Å². The predicted octanol–water partition coefficient (Wildman–Crippen LogP) is 3.80. The second-order valence-corrected chi connectivity index (χ2v) is 10.9. The molecule has 0 saturated carbocycles. The molecular weight excluding hydrogens is 542 g/mol. The Balaban J connectivity index is 1.48. The number of phenolic OH excluding ortho intramolecular Hbond substituents is 1. The smallest absolute Gasteiger partial charge is 0.303 e. The van der Waals surface area contributed by atoms with Gasteiger partial charge in [0.1, 0.15) is 5.75 Å². The van der Waals surface area contributed by atoms with Crippen LogP contribution in [0, 0.1) is 17.8 Å². The van der Waals surface area contributed by atoms with Crippen molar-refractivity contribution in [1.29, 1.82) is 0 Å². The van der Waals surface area contributed by atoms with E-state index in [2.05, 4.69) is 15.9 Å². The lowest BCUT2D eigenvalue weighted by Crippen LogP contribution is -2.39. The number of carboxylic acid groups (broad SMARTS) is 1. The number of ketones is 2. The van der Waals surface area contributed by atoms with Gasteiger partial charge in [-0.05, 0) is 65.2 Å². The lowest BCUT2D eigenvalue weighted by Gasteiger charge is -2.42. The fourth-order valence-electron chi connectivity index (χ4n) is 6.30. The van der Waals surface area contributed by atoms with Gasteiger partial charge in [-0.25, -0.2) is 0 Å². The van der Waals surface area contributed by atoms with E-state index in [1.165, 1.54) is 17.0 Å². The summed E-state index contributed by atoms with van der Waals surface area (Å²) >= 11 is 3.21. The predicted molar refractivity (Wildman–Crippen MR) is 136 cm³/mol. The number of phenols is 1. The molecule has 4 aliphatic rings. The van der Waals surface area contributed by atoms with Gasteiger partial charge in [0.25, 0.3) is 0 Å². The molecule has 192 valence electrons. The molecule has 37 heavy (non-hydrogen) atoms. The highest BCUT2D eigenvalue weighted by Gasteiger charge is 2.56. The van der Waals surface area contributed by atoms with E-state index in [0.29, 0.717) is 42.4 Å². The number of carbonyl (C=O) groups is 5. The summed E-state index contributed by atoms with van der Waals surface area (Å²) in [5.74, 6) is -4.10. The Morgan fingerprint density at radius 3 is 2.57 bits per heavy atom. The Hall–Kier alpha value is -3.33. The number of likely N-dealkylation sites (tertiary alicyclic amines) is 1. The number of unbranched alkanes of at least 4 members (excludes halogenated alkanes) is 2. The highest BCUT2D eigenvalue weighted by Crippen LogP contribution is 2.55. The third kappa shape index (κ3) is 4.39. The normalized spacial score (nSPS) is 27.0. The molecule has 0 aromatic heterocycles. The summed E-state index contributed by atoms with van der Waals surface area (Å²) in [5, 5.41) is 19.0. The molecule has 0 spiro atoms. The number of imide groups is 1. The lowest BCUT2D eigenvalue weighted by molar-refractivity contribution is -0.141. The molecule has 1 aromatic rings. The van der Waals surface area contributed by atoms with E-state index >= 15 is 0 Å². The van der Waals surface area contributed by atoms with Crippen LogP contribution in [0.1, 0.15) is 50.0 Å². The maximum atomic E-state index is 13.6. The Morgan fingerprint density at radius 2 is 1.84 bits per heavy atom. The SMILES string of the molecule is O=C(O)CCCCCN1C(=O)C2CC=C3C(c4cccc(O)c4)C4=C(CC3C2C1=O)C(=O)C(Br)=CC4=O. The molecule has 4 atom stereocenters. The highest BCUT2D eigenvalue weighted by molar-refractivity contribution is 9.12. The van der Waals surface area contributed by atoms with Crippen molar-refractivity contribution in [3.8, 4) is 5.75 Å². The molecule has 1 fully saturated rings. The minimum atomic E-state index is -0.873. The van der Waals surface area contributed by atoms with Crippen molar-refractivity contribution in [2.75, 3.05) is 6.54 Å². The van der Waals surface area contributed by atoms with Crippen molar-refractivity contribution in [2.45, 2.75) is 44.4 Å². The first-order chi connectivity index (χ1) is 17.7. The van der Waals surface area contributed by atoms with Crippen LogP contribution in [0.4, 0.5) is 0 Å². The Bertz CT molecular complexity index is 1320. The first-order valence-electron chi connectivity index (χ1n) is 12.4. The number of carboxylic acids is 1. The Labute approximate surface area is 221 Å². The zero-order valence-corrected chi connectivity index (χ0v) is 21.6. The van der Waals surface area contributed by atoms with Crippen LogP contribution < -0.4 is 0 Å². The number of nitrogens with zero attached hydrogens (tertiary/aromatic N) is 1. The van der Waals surface area contributed by atoms with Gasteiger partial charge in [-0.3, -0.25) is 28.9 Å². The lowest BCUT2D eigenvalue weighted by atomic mass is 9.59. The minimum absolute atomic E-state index is 0.0311. The Kier molecular flexibility index (Phi) is 6.74. The number of aromatic hydroxyl groups is 1. The number of Topliss-reactive ketones (excluding diaryl/α,β-unsaturated/α-hetero) is 1. The van der Waals surface area contributed by atoms with Crippen LogP contribution in [0.5, 0.6) is 5.75 Å². The van der Waals surface area contributed by atoms with Gasteiger partial charge in [0, 0.05) is 36.1 Å². The standard InChI is InChI=1S/C28H26BrNO7/c29-20-13-21(32)25-19(26(20)35)12-18-16(23(25)14-5-4-6-15(31)11-14)8-9-17-24(18)28(37)30(27(17)36)10-3-1-2-7-22(33)34/h4-6,8,11,13,17-18,23-24,31H,1-3,7,9-10,12H2,(H,33,34). The van der Waals surface area contributed by atoms with Gasteiger partial charge in [-0.2, -0.15) is 0 Å². The van der Waals surface area contributed by atoms with Gasteiger partial charge < -0.3 is 10.2 Å². The van der Waals surface area contributed by atoms with Crippen LogP contribution in [0.25, 0.3) is 0 Å². The van der Waals surface area contributed by atoms with E-state index in [9.17, 15) is 29.1 Å². The van der Waals surface area contributed by atoms with Gasteiger partial charge in [0.05, 0.1) is 16.3 Å². The van der Waals surface area contributed by atoms with Gasteiger partial charge in [0.2, 0.25) is 11.8 Å². The van der Waals surface area contributed by atoms with Gasteiger partial charge >= 0.3 is 5.97 Å². The van der Waals surface area contributed by atoms with Crippen LogP contribution in [0.3, 0.4) is 0 Å². The summed E-state index contributed by atoms with van der Waals surface area (Å²) in [6.07, 6.45) is 5.42. The molecule has 0 bridgehead atoms. The van der Waals surface area contributed by atoms with Crippen molar-refractivity contribution < 1.29 is 34.2 Å². The van der Waals surface area contributed by atoms with Crippen LogP contribution in [0.2, 0.25) is 0 Å². The van der Waals surface area contributed by atoms with Crippen molar-refractivity contribution in [3.63, 3.8) is 0 Å². The number of hydrogen-bond acceptors (Lipinski definition) is 6. The van der Waals surface area contributed by atoms with Gasteiger partial charge in [0.15, 0.2) is 11.6 Å². The summed E-state index contributed by atoms with van der Waals surface area (Å²) in [7, 11) is 0. The minimum Gasteiger partial charge on any atom is -0.508 e. The third-order valence-electron chi connectivity index (χ3n) is 7.90. The average molecular weight is 568 g/mol. The van der Waals surface area contributed by atoms with Crippen LogP contribution in [-0.2, 0) is 24.0 Å². The molecule has 9 heteroatoms. The highest BCUT2D eigenvalue weighted by atomic mass is 79.9. The molecule has 3 aliphatic carbocycles. The summed E-state index contributed by atoms with van der Waals surface area (Å²) in [4.78, 5) is 65.2. The molecule has 1 saturated heterocycles. The van der Waals surface area contributed by atoms with E-state index in [4.69, 9.17) is 5.11 Å². The van der Waals surface area contributed by atoms with Crippen molar-refractivity contribution in [3.05, 3.63) is 63.2 Å². The summed E-state index contributed by atoms with van der Waals surface area (Å²) in [5.41, 5.74) is 2.21. The fourth-order valence-corrected chi connectivity index (χ4v) is 6.75. The number of benzene rings is 1. The molecule has 1 heterocycles. The van der Waals surface area contributed by atoms with Crippen molar-refractivity contribution in [2.24, 2.45) is 17.8 Å².